The van der Waals surface area contributed by atoms with Gasteiger partial charge in [-0.15, -0.1) is 0 Å². The number of carbonyl (C=O) groups is 3. The number of hydrogen-bond acceptors (Lipinski definition) is 4. The number of anilines is 2. The Balaban J connectivity index is 1.61. The lowest BCUT2D eigenvalue weighted by Gasteiger charge is -2.29. The first-order chi connectivity index (χ1) is 13.9. The van der Waals surface area contributed by atoms with Crippen LogP contribution in [0.5, 0.6) is 0 Å². The number of hydrogen-bond donors (Lipinski definition) is 3. The number of likely N-dealkylation sites (tertiary alicyclic amines) is 1. The second-order valence-corrected chi connectivity index (χ2v) is 7.37. The monoisotopic (exact) mass is 394 g/mol. The van der Waals surface area contributed by atoms with Gasteiger partial charge in [0.15, 0.2) is 0 Å². The van der Waals surface area contributed by atoms with Crippen molar-refractivity contribution in [2.75, 3.05) is 30.3 Å². The Kier molecular flexibility index (Phi) is 6.61. The molecule has 0 bridgehead atoms. The summed E-state index contributed by atoms with van der Waals surface area (Å²) >= 11 is 0. The minimum atomic E-state index is -0.284. The molecule has 3 amide bonds. The molecule has 2 aromatic carbocycles. The molecular formula is C22H26N4O3. The Morgan fingerprint density at radius 2 is 1.76 bits per heavy atom. The number of nitrogens with zero attached hydrogens (tertiary/aromatic N) is 1. The van der Waals surface area contributed by atoms with Gasteiger partial charge >= 0.3 is 0 Å². The molecule has 4 N–H and O–H groups in total. The summed E-state index contributed by atoms with van der Waals surface area (Å²) in [5.74, 6) is -0.866. The molecular weight excluding hydrogens is 368 g/mol. The molecule has 0 radical (unpaired) electrons. The van der Waals surface area contributed by atoms with Crippen LogP contribution in [0.4, 0.5) is 11.4 Å². The van der Waals surface area contributed by atoms with Crippen LogP contribution < -0.4 is 16.4 Å². The molecule has 0 aromatic heterocycles. The molecule has 152 valence electrons. The zero-order valence-electron chi connectivity index (χ0n) is 16.5. The van der Waals surface area contributed by atoms with Crippen molar-refractivity contribution in [3.63, 3.8) is 0 Å². The van der Waals surface area contributed by atoms with E-state index in [1.807, 2.05) is 36.1 Å². The van der Waals surface area contributed by atoms with E-state index in [-0.39, 0.29) is 30.2 Å². The number of rotatable bonds is 6. The Morgan fingerprint density at radius 1 is 1.03 bits per heavy atom. The van der Waals surface area contributed by atoms with E-state index in [1.165, 1.54) is 0 Å². The van der Waals surface area contributed by atoms with Gasteiger partial charge in [0.05, 0.1) is 17.8 Å². The van der Waals surface area contributed by atoms with Crippen LogP contribution in [-0.2, 0) is 9.59 Å². The Hall–Kier alpha value is -3.19. The Morgan fingerprint density at radius 3 is 2.45 bits per heavy atom. The van der Waals surface area contributed by atoms with Gasteiger partial charge < -0.3 is 16.4 Å². The second kappa shape index (κ2) is 9.34. The van der Waals surface area contributed by atoms with Crippen LogP contribution in [0.15, 0.2) is 48.5 Å². The standard InChI is InChI=1S/C22H26N4O3/c1-15-5-4-6-17(13-15)24-22(29)18-7-2-3-8-19(18)25-20(27)14-26-11-9-16(10-12-26)21(23)28/h2-8,13,16H,9-12,14H2,1H3,(H2,23,28)(H,24,29)(H,25,27). The third kappa shape index (κ3) is 5.65. The zero-order chi connectivity index (χ0) is 20.8. The molecule has 2 aromatic rings. The van der Waals surface area contributed by atoms with Crippen LogP contribution in [-0.4, -0.2) is 42.3 Å². The van der Waals surface area contributed by atoms with Gasteiger partial charge in [-0.3, -0.25) is 19.3 Å². The highest BCUT2D eigenvalue weighted by molar-refractivity contribution is 6.10. The minimum absolute atomic E-state index is 0.111. The van der Waals surface area contributed by atoms with E-state index in [0.29, 0.717) is 42.9 Å². The maximum atomic E-state index is 12.7. The van der Waals surface area contributed by atoms with Crippen LogP contribution in [0, 0.1) is 12.8 Å². The normalized spacial score (nSPS) is 14.9. The average molecular weight is 394 g/mol. The number of benzene rings is 2. The molecule has 29 heavy (non-hydrogen) atoms. The number of nitrogens with two attached hydrogens (primary N) is 1. The van der Waals surface area contributed by atoms with Crippen LogP contribution in [0.2, 0.25) is 0 Å². The lowest BCUT2D eigenvalue weighted by molar-refractivity contribution is -0.123. The number of primary amides is 1. The molecule has 0 unspecified atom stereocenters. The molecule has 0 atom stereocenters. The summed E-state index contributed by atoms with van der Waals surface area (Å²) in [4.78, 5) is 38.5. The molecule has 0 saturated carbocycles. The van der Waals surface area contributed by atoms with Crippen molar-refractivity contribution >= 4 is 29.1 Å². The van der Waals surface area contributed by atoms with Gasteiger partial charge in [-0.25, -0.2) is 0 Å². The third-order valence-electron chi connectivity index (χ3n) is 5.08. The zero-order valence-corrected chi connectivity index (χ0v) is 16.5. The topological polar surface area (TPSA) is 105 Å². The predicted molar refractivity (Wildman–Crippen MR) is 113 cm³/mol. The van der Waals surface area contributed by atoms with E-state index in [1.54, 1.807) is 24.3 Å². The fourth-order valence-electron chi connectivity index (χ4n) is 3.48. The SMILES string of the molecule is Cc1cccc(NC(=O)c2ccccc2NC(=O)CN2CCC(C(N)=O)CC2)c1. The highest BCUT2D eigenvalue weighted by Crippen LogP contribution is 2.19. The lowest BCUT2D eigenvalue weighted by atomic mass is 9.96. The summed E-state index contributed by atoms with van der Waals surface area (Å²) in [6.07, 6.45) is 1.33. The molecule has 0 spiro atoms. The summed E-state index contributed by atoms with van der Waals surface area (Å²) in [5, 5.41) is 5.70. The number of carbonyl (C=O) groups excluding carboxylic acids is 3. The van der Waals surface area contributed by atoms with Crippen molar-refractivity contribution in [1.29, 1.82) is 0 Å². The number of piperidine rings is 1. The van der Waals surface area contributed by atoms with Crippen molar-refractivity contribution in [2.24, 2.45) is 11.7 Å². The largest absolute Gasteiger partial charge is 0.369 e. The highest BCUT2D eigenvalue weighted by atomic mass is 16.2. The highest BCUT2D eigenvalue weighted by Gasteiger charge is 2.24. The number of aryl methyl sites for hydroxylation is 1. The van der Waals surface area contributed by atoms with Crippen LogP contribution >= 0.6 is 0 Å². The number of amides is 3. The van der Waals surface area contributed by atoms with Gasteiger partial charge in [0.25, 0.3) is 5.91 Å². The maximum Gasteiger partial charge on any atom is 0.257 e. The van der Waals surface area contributed by atoms with Crippen molar-refractivity contribution in [1.82, 2.24) is 4.90 Å². The van der Waals surface area contributed by atoms with Gasteiger partial charge in [0, 0.05) is 11.6 Å². The molecule has 7 nitrogen and oxygen atoms in total. The van der Waals surface area contributed by atoms with Crippen molar-refractivity contribution in [3.8, 4) is 0 Å². The van der Waals surface area contributed by atoms with Crippen LogP contribution in [0.25, 0.3) is 0 Å². The van der Waals surface area contributed by atoms with Gasteiger partial charge in [-0.2, -0.15) is 0 Å². The summed E-state index contributed by atoms with van der Waals surface area (Å²) < 4.78 is 0. The first-order valence-electron chi connectivity index (χ1n) is 9.71. The number of para-hydroxylation sites is 1. The molecule has 1 heterocycles. The second-order valence-electron chi connectivity index (χ2n) is 7.37. The average Bonchev–Trinajstić information content (AvgIpc) is 2.68. The fraction of sp³-hybridized carbons (Fsp3) is 0.318. The van der Waals surface area contributed by atoms with E-state index in [4.69, 9.17) is 5.73 Å². The predicted octanol–water partition coefficient (Wildman–Crippen LogP) is 2.38. The van der Waals surface area contributed by atoms with Crippen LogP contribution in [0.1, 0.15) is 28.8 Å². The van der Waals surface area contributed by atoms with Gasteiger partial charge in [-0.1, -0.05) is 24.3 Å². The fourth-order valence-corrected chi connectivity index (χ4v) is 3.48. The van der Waals surface area contributed by atoms with Crippen molar-refractivity contribution < 1.29 is 14.4 Å². The van der Waals surface area contributed by atoms with Crippen LogP contribution in [0.3, 0.4) is 0 Å². The van der Waals surface area contributed by atoms with Gasteiger partial charge in [0.1, 0.15) is 0 Å². The third-order valence-corrected chi connectivity index (χ3v) is 5.08. The summed E-state index contributed by atoms with van der Waals surface area (Å²) in [5.41, 5.74) is 7.96. The van der Waals surface area contributed by atoms with E-state index in [2.05, 4.69) is 10.6 Å². The van der Waals surface area contributed by atoms with E-state index < -0.39 is 0 Å². The first kappa shape index (κ1) is 20.5. The van der Waals surface area contributed by atoms with Gasteiger partial charge in [-0.05, 0) is 62.7 Å². The maximum absolute atomic E-state index is 12.7. The van der Waals surface area contributed by atoms with E-state index >= 15 is 0 Å². The Bertz CT molecular complexity index is 904. The summed E-state index contributed by atoms with van der Waals surface area (Å²) in [6, 6.07) is 14.5. The quantitative estimate of drug-likeness (QED) is 0.700. The summed E-state index contributed by atoms with van der Waals surface area (Å²) in [7, 11) is 0. The molecule has 1 aliphatic heterocycles. The molecule has 0 aliphatic carbocycles. The molecule has 7 heteroatoms. The van der Waals surface area contributed by atoms with E-state index in [9.17, 15) is 14.4 Å². The van der Waals surface area contributed by atoms with E-state index in [0.717, 1.165) is 5.56 Å². The van der Waals surface area contributed by atoms with Gasteiger partial charge in [0.2, 0.25) is 11.8 Å². The first-order valence-corrected chi connectivity index (χ1v) is 9.71. The Labute approximate surface area is 170 Å². The van der Waals surface area contributed by atoms with Crippen molar-refractivity contribution in [2.45, 2.75) is 19.8 Å². The number of nitrogens with one attached hydrogen (secondary N) is 2. The summed E-state index contributed by atoms with van der Waals surface area (Å²) in [6.45, 7) is 3.46. The van der Waals surface area contributed by atoms with Crippen molar-refractivity contribution in [3.05, 3.63) is 59.7 Å². The smallest absolute Gasteiger partial charge is 0.257 e. The molecule has 1 fully saturated rings. The molecule has 1 aliphatic rings. The molecule has 1 saturated heterocycles. The minimum Gasteiger partial charge on any atom is -0.369 e. The lowest BCUT2D eigenvalue weighted by Crippen LogP contribution is -2.42. The molecule has 3 rings (SSSR count).